The minimum absolute atomic E-state index is 0.00926. The predicted molar refractivity (Wildman–Crippen MR) is 129 cm³/mol. The van der Waals surface area contributed by atoms with Gasteiger partial charge in [-0.2, -0.15) is 9.78 Å². The van der Waals surface area contributed by atoms with E-state index in [4.69, 9.17) is 22.1 Å². The third-order valence-corrected chi connectivity index (χ3v) is 5.16. The normalized spacial score (nSPS) is 10.6. The van der Waals surface area contributed by atoms with Crippen molar-refractivity contribution >= 4 is 23.2 Å². The Balaban J connectivity index is 1.57. The molecule has 0 saturated carbocycles. The highest BCUT2D eigenvalue weighted by Crippen LogP contribution is 2.27. The third-order valence-electron chi connectivity index (χ3n) is 4.91. The molecule has 33 heavy (non-hydrogen) atoms. The van der Waals surface area contributed by atoms with Gasteiger partial charge in [0.05, 0.1) is 11.9 Å². The molecule has 3 aromatic carbocycles. The van der Waals surface area contributed by atoms with Gasteiger partial charge in [0.15, 0.2) is 0 Å². The van der Waals surface area contributed by atoms with E-state index in [9.17, 15) is 9.59 Å². The zero-order chi connectivity index (χ0) is 23.4. The molecule has 0 fully saturated rings. The van der Waals surface area contributed by atoms with Crippen molar-refractivity contribution in [3.8, 4) is 28.3 Å². The number of hydrogen-bond acceptors (Lipinski definition) is 5. The number of nitrogens with zero attached hydrogens (tertiary/aromatic N) is 2. The van der Waals surface area contributed by atoms with Gasteiger partial charge in [-0.3, -0.25) is 9.59 Å². The second-order valence-corrected chi connectivity index (χ2v) is 7.80. The van der Waals surface area contributed by atoms with E-state index < -0.39 is 5.56 Å². The molecule has 7 nitrogen and oxygen atoms in total. The average molecular weight is 461 g/mol. The summed E-state index contributed by atoms with van der Waals surface area (Å²) in [5.74, 6) is 0.378. The molecule has 8 heteroatoms. The van der Waals surface area contributed by atoms with Gasteiger partial charge in [-0.25, -0.2) is 0 Å². The minimum atomic E-state index is -0.480. The number of carbonyl (C=O) groups excluding carboxylic acids is 1. The Morgan fingerprint density at radius 1 is 1.06 bits per heavy atom. The number of anilines is 1. The molecule has 0 aliphatic carbocycles. The van der Waals surface area contributed by atoms with Crippen LogP contribution in [0.2, 0.25) is 5.02 Å². The Kier molecular flexibility index (Phi) is 6.42. The first-order valence-corrected chi connectivity index (χ1v) is 10.5. The molecule has 1 aromatic heterocycles. The summed E-state index contributed by atoms with van der Waals surface area (Å²) in [5, 5.41) is 7.45. The quantitative estimate of drug-likeness (QED) is 0.439. The molecule has 166 valence electrons. The van der Waals surface area contributed by atoms with Crippen molar-refractivity contribution in [3.63, 3.8) is 0 Å². The topological polar surface area (TPSA) is 99.2 Å². The van der Waals surface area contributed by atoms with Crippen molar-refractivity contribution in [1.29, 1.82) is 0 Å². The molecule has 0 spiro atoms. The van der Waals surface area contributed by atoms with Gasteiger partial charge < -0.3 is 15.8 Å². The molecule has 0 saturated heterocycles. The largest absolute Gasteiger partial charge is 0.449 e. The lowest BCUT2D eigenvalue weighted by Gasteiger charge is -2.11. The van der Waals surface area contributed by atoms with E-state index in [0.717, 1.165) is 16.7 Å². The Hall–Kier alpha value is -4.10. The molecule has 0 aliphatic rings. The first-order chi connectivity index (χ1) is 15.9. The van der Waals surface area contributed by atoms with E-state index in [1.807, 2.05) is 36.4 Å². The van der Waals surface area contributed by atoms with Gasteiger partial charge in [0, 0.05) is 18.5 Å². The molecule has 0 atom stereocenters. The molecule has 0 radical (unpaired) electrons. The summed E-state index contributed by atoms with van der Waals surface area (Å²) < 4.78 is 7.04. The highest BCUT2D eigenvalue weighted by molar-refractivity contribution is 6.30. The number of hydrogen-bond donors (Lipinski definition) is 2. The zero-order valence-electron chi connectivity index (χ0n) is 17.8. The van der Waals surface area contributed by atoms with Crippen molar-refractivity contribution < 1.29 is 9.53 Å². The highest BCUT2D eigenvalue weighted by atomic mass is 35.5. The van der Waals surface area contributed by atoms with E-state index in [2.05, 4.69) is 10.4 Å². The molecule has 4 rings (SSSR count). The molecule has 0 aliphatic heterocycles. The van der Waals surface area contributed by atoms with E-state index in [-0.39, 0.29) is 17.3 Å². The molecule has 0 bridgehead atoms. The van der Waals surface area contributed by atoms with Crippen LogP contribution >= 0.6 is 11.6 Å². The lowest BCUT2D eigenvalue weighted by atomic mass is 10.0. The van der Waals surface area contributed by atoms with Crippen LogP contribution in [0.1, 0.15) is 12.5 Å². The number of benzene rings is 3. The maximum absolute atomic E-state index is 12.9. The Morgan fingerprint density at radius 3 is 2.48 bits per heavy atom. The fourth-order valence-electron chi connectivity index (χ4n) is 3.24. The summed E-state index contributed by atoms with van der Waals surface area (Å²) in [6.07, 6.45) is 1.38. The average Bonchev–Trinajstić information content (AvgIpc) is 2.82. The van der Waals surface area contributed by atoms with Crippen LogP contribution in [0.15, 0.2) is 83.8 Å². The summed E-state index contributed by atoms with van der Waals surface area (Å²) in [5.41, 5.74) is 9.14. The number of nitrogen functional groups attached to an aromatic ring is 1. The standard InChI is InChI=1S/C25H21ClN4O3/c1-16(31)28-14-17-3-2-4-19(13-17)18-5-11-22(12-6-18)33-24-23(27)15-29-30(25(24)32)21-9-7-20(26)8-10-21/h2-13,15H,14,27H2,1H3,(H,28,31). The van der Waals surface area contributed by atoms with Gasteiger partial charge >= 0.3 is 5.56 Å². The van der Waals surface area contributed by atoms with Crippen LogP contribution in [0.3, 0.4) is 0 Å². The number of nitrogens with two attached hydrogens (primary N) is 1. The van der Waals surface area contributed by atoms with Crippen LogP contribution in [0.25, 0.3) is 16.8 Å². The summed E-state index contributed by atoms with van der Waals surface area (Å²) in [4.78, 5) is 24.1. The van der Waals surface area contributed by atoms with Crippen molar-refractivity contribution in [2.45, 2.75) is 13.5 Å². The molecule has 1 heterocycles. The second kappa shape index (κ2) is 9.58. The minimum Gasteiger partial charge on any atom is -0.449 e. The number of carbonyl (C=O) groups is 1. The van der Waals surface area contributed by atoms with Crippen LogP contribution in [0, 0.1) is 0 Å². The Morgan fingerprint density at radius 2 is 1.79 bits per heavy atom. The van der Waals surface area contributed by atoms with Gasteiger partial charge in [0.1, 0.15) is 11.4 Å². The monoisotopic (exact) mass is 460 g/mol. The van der Waals surface area contributed by atoms with Gasteiger partial charge in [-0.15, -0.1) is 0 Å². The van der Waals surface area contributed by atoms with E-state index in [1.165, 1.54) is 17.8 Å². The lowest BCUT2D eigenvalue weighted by molar-refractivity contribution is -0.119. The summed E-state index contributed by atoms with van der Waals surface area (Å²) >= 11 is 5.93. The second-order valence-electron chi connectivity index (χ2n) is 7.36. The predicted octanol–water partition coefficient (Wildman–Crippen LogP) is 4.56. The zero-order valence-corrected chi connectivity index (χ0v) is 18.5. The smallest absolute Gasteiger partial charge is 0.316 e. The van der Waals surface area contributed by atoms with Crippen LogP contribution in [-0.4, -0.2) is 15.7 Å². The van der Waals surface area contributed by atoms with Crippen molar-refractivity contribution in [1.82, 2.24) is 15.1 Å². The summed E-state index contributed by atoms with van der Waals surface area (Å²) in [6, 6.07) is 21.9. The third kappa shape index (κ3) is 5.22. The maximum Gasteiger partial charge on any atom is 0.316 e. The number of nitrogens with one attached hydrogen (secondary N) is 1. The number of aromatic nitrogens is 2. The first-order valence-electron chi connectivity index (χ1n) is 10.2. The molecular weight excluding hydrogens is 440 g/mol. The van der Waals surface area contributed by atoms with E-state index in [1.54, 1.807) is 36.4 Å². The molecular formula is C25H21ClN4O3. The van der Waals surface area contributed by atoms with Crippen molar-refractivity contribution in [3.05, 3.63) is 99.9 Å². The fourth-order valence-corrected chi connectivity index (χ4v) is 3.37. The molecule has 0 unspecified atom stereocenters. The van der Waals surface area contributed by atoms with E-state index in [0.29, 0.717) is 23.0 Å². The Labute approximate surface area is 195 Å². The van der Waals surface area contributed by atoms with Crippen LogP contribution in [-0.2, 0) is 11.3 Å². The number of amides is 1. The molecule has 1 amide bonds. The van der Waals surface area contributed by atoms with Gasteiger partial charge in [0.25, 0.3) is 0 Å². The lowest BCUT2D eigenvalue weighted by Crippen LogP contribution is -2.23. The Bertz CT molecular complexity index is 1350. The molecule has 4 aromatic rings. The summed E-state index contributed by atoms with van der Waals surface area (Å²) in [7, 11) is 0. The van der Waals surface area contributed by atoms with Crippen LogP contribution < -0.4 is 21.3 Å². The summed E-state index contributed by atoms with van der Waals surface area (Å²) in [6.45, 7) is 1.95. The maximum atomic E-state index is 12.9. The first kappa shape index (κ1) is 22.1. The number of halogens is 1. The van der Waals surface area contributed by atoms with E-state index >= 15 is 0 Å². The van der Waals surface area contributed by atoms with Gasteiger partial charge in [-0.05, 0) is 59.2 Å². The molecule has 3 N–H and O–H groups in total. The SMILES string of the molecule is CC(=O)NCc1cccc(-c2ccc(Oc3c(N)cnn(-c4ccc(Cl)cc4)c3=O)cc2)c1. The highest BCUT2D eigenvalue weighted by Gasteiger charge is 2.13. The van der Waals surface area contributed by atoms with Crippen molar-refractivity contribution in [2.75, 3.05) is 5.73 Å². The van der Waals surface area contributed by atoms with Gasteiger partial charge in [0.2, 0.25) is 11.7 Å². The number of ether oxygens (including phenoxy) is 1. The van der Waals surface area contributed by atoms with Crippen molar-refractivity contribution in [2.24, 2.45) is 0 Å². The number of rotatable bonds is 6. The fraction of sp³-hybridized carbons (Fsp3) is 0.0800. The van der Waals surface area contributed by atoms with Crippen LogP contribution in [0.5, 0.6) is 11.5 Å². The van der Waals surface area contributed by atoms with Crippen LogP contribution in [0.4, 0.5) is 5.69 Å². The van der Waals surface area contributed by atoms with Gasteiger partial charge in [-0.1, -0.05) is 41.9 Å².